The minimum absolute atomic E-state index is 0.0470. The van der Waals surface area contributed by atoms with Crippen LogP contribution in [0.4, 0.5) is 0 Å². The molecule has 0 spiro atoms. The van der Waals surface area contributed by atoms with E-state index in [2.05, 4.69) is 92.9 Å². The maximum Gasteiger partial charge on any atom is 0.306 e. The summed E-state index contributed by atoms with van der Waals surface area (Å²) in [5, 5.41) is 23.8. The van der Waals surface area contributed by atoms with E-state index in [1.165, 1.54) is 135 Å². The van der Waals surface area contributed by atoms with Gasteiger partial charge in [0.25, 0.3) is 0 Å². The number of ether oxygens (including phenoxy) is 1. The molecule has 0 aromatic heterocycles. The topological polar surface area (TPSA) is 95.9 Å². The summed E-state index contributed by atoms with van der Waals surface area (Å²) in [6.07, 6.45) is 66.9. The number of esters is 1. The van der Waals surface area contributed by atoms with E-state index < -0.39 is 18.2 Å². The summed E-state index contributed by atoms with van der Waals surface area (Å²) in [4.78, 5) is 26.1. The first-order chi connectivity index (χ1) is 32.0. The van der Waals surface area contributed by atoms with Gasteiger partial charge in [-0.2, -0.15) is 0 Å². The van der Waals surface area contributed by atoms with Gasteiger partial charge in [-0.3, -0.25) is 9.59 Å². The monoisotopic (exact) mass is 908 g/mol. The van der Waals surface area contributed by atoms with Gasteiger partial charge in [0.2, 0.25) is 5.91 Å². The first-order valence-corrected chi connectivity index (χ1v) is 27.7. The van der Waals surface area contributed by atoms with Crippen molar-refractivity contribution in [2.24, 2.45) is 0 Å². The van der Waals surface area contributed by atoms with E-state index in [4.69, 9.17) is 4.74 Å². The quantitative estimate of drug-likeness (QED) is 0.0321. The first kappa shape index (κ1) is 62.3. The van der Waals surface area contributed by atoms with Crippen LogP contribution in [0.15, 0.2) is 72.9 Å². The van der Waals surface area contributed by atoms with Crippen molar-refractivity contribution in [3.05, 3.63) is 72.9 Å². The number of rotatable bonds is 49. The summed E-state index contributed by atoms with van der Waals surface area (Å²) in [6.45, 7) is 6.36. The van der Waals surface area contributed by atoms with Gasteiger partial charge in [-0.15, -0.1) is 0 Å². The van der Waals surface area contributed by atoms with Crippen LogP contribution < -0.4 is 5.32 Å². The fraction of sp³-hybridized carbons (Fsp3) is 0.763. The average Bonchev–Trinajstić information content (AvgIpc) is 3.30. The summed E-state index contributed by atoms with van der Waals surface area (Å²) in [6, 6.07) is -0.717. The molecule has 376 valence electrons. The van der Waals surface area contributed by atoms with Gasteiger partial charge in [0, 0.05) is 6.42 Å². The van der Waals surface area contributed by atoms with E-state index >= 15 is 0 Å². The molecule has 0 aliphatic carbocycles. The van der Waals surface area contributed by atoms with Crippen LogP contribution in [0.5, 0.6) is 0 Å². The number of aliphatic hydroxyl groups excluding tert-OH is 2. The highest BCUT2D eigenvalue weighted by Crippen LogP contribution is 2.18. The molecule has 0 aromatic carbocycles. The van der Waals surface area contributed by atoms with Crippen molar-refractivity contribution < 1.29 is 24.5 Å². The Hall–Kier alpha value is -2.70. The largest absolute Gasteiger partial charge is 0.462 e. The van der Waals surface area contributed by atoms with E-state index in [1.54, 1.807) is 0 Å². The zero-order chi connectivity index (χ0) is 47.4. The van der Waals surface area contributed by atoms with Crippen LogP contribution in [-0.4, -0.2) is 46.9 Å². The van der Waals surface area contributed by atoms with Gasteiger partial charge in [-0.05, 0) is 64.2 Å². The standard InChI is InChI=1S/C59H105NO5/c1-4-7-10-13-16-19-22-24-26-28-29-31-33-35-37-40-43-46-49-52-59(64)65-55(50-47-44-41-38-21-18-15-12-9-6-3)53-58(63)60-56(54-61)57(62)51-48-45-42-39-36-34-32-30-27-25-23-20-17-14-11-8-5-2/h7,10,16,19,24,26,29,31,35,37,43,46,55-57,61-62H,4-6,8-9,11-15,17-18,20-23,25,27-28,30,32-34,36,38-42,44-45,47-54H2,1-3H3,(H,60,63)/b10-7-,19-16-,26-24-,31-29-,37-35-,46-43-. The molecule has 6 nitrogen and oxygen atoms in total. The van der Waals surface area contributed by atoms with Gasteiger partial charge in [0.05, 0.1) is 25.2 Å². The highest BCUT2D eigenvalue weighted by molar-refractivity contribution is 5.77. The molecule has 3 atom stereocenters. The Bertz CT molecular complexity index is 1200. The lowest BCUT2D eigenvalue weighted by atomic mass is 10.0. The molecule has 65 heavy (non-hydrogen) atoms. The molecular formula is C59H105NO5. The number of allylic oxidation sites excluding steroid dienone is 12. The lowest BCUT2D eigenvalue weighted by Gasteiger charge is -2.24. The molecule has 0 fully saturated rings. The molecule has 0 rings (SSSR count). The second-order valence-electron chi connectivity index (χ2n) is 18.6. The number of unbranched alkanes of at least 4 members (excludes halogenated alkanes) is 25. The van der Waals surface area contributed by atoms with E-state index in [0.29, 0.717) is 19.3 Å². The Morgan fingerprint density at radius 2 is 0.800 bits per heavy atom. The highest BCUT2D eigenvalue weighted by Gasteiger charge is 2.24. The number of hydrogen-bond donors (Lipinski definition) is 3. The third-order valence-electron chi connectivity index (χ3n) is 12.3. The maximum atomic E-state index is 13.2. The predicted octanol–water partition coefficient (Wildman–Crippen LogP) is 17.0. The van der Waals surface area contributed by atoms with Gasteiger partial charge >= 0.3 is 5.97 Å². The van der Waals surface area contributed by atoms with Crippen LogP contribution in [0.25, 0.3) is 0 Å². The second kappa shape index (κ2) is 52.3. The highest BCUT2D eigenvalue weighted by atomic mass is 16.5. The summed E-state index contributed by atoms with van der Waals surface area (Å²) in [5.41, 5.74) is 0. The predicted molar refractivity (Wildman–Crippen MR) is 282 cm³/mol. The maximum absolute atomic E-state index is 13.2. The Labute approximate surface area is 402 Å². The third-order valence-corrected chi connectivity index (χ3v) is 12.3. The number of carbonyl (C=O) groups is 2. The molecule has 0 bridgehead atoms. The minimum Gasteiger partial charge on any atom is -0.462 e. The molecule has 0 saturated heterocycles. The fourth-order valence-corrected chi connectivity index (χ4v) is 8.16. The number of nitrogens with one attached hydrogen (secondary N) is 1. The van der Waals surface area contributed by atoms with Crippen LogP contribution in [0.3, 0.4) is 0 Å². The number of carbonyl (C=O) groups excluding carboxylic acids is 2. The molecule has 0 heterocycles. The number of amides is 1. The van der Waals surface area contributed by atoms with Crippen molar-refractivity contribution in [2.75, 3.05) is 6.61 Å². The van der Waals surface area contributed by atoms with Crippen molar-refractivity contribution in [3.63, 3.8) is 0 Å². The molecular weight excluding hydrogens is 803 g/mol. The number of hydrogen-bond acceptors (Lipinski definition) is 5. The van der Waals surface area contributed by atoms with Crippen LogP contribution >= 0.6 is 0 Å². The molecule has 0 aliphatic heterocycles. The van der Waals surface area contributed by atoms with Crippen LogP contribution in [0.1, 0.15) is 265 Å². The smallest absolute Gasteiger partial charge is 0.306 e. The Morgan fingerprint density at radius 1 is 0.462 bits per heavy atom. The van der Waals surface area contributed by atoms with Gasteiger partial charge in [-0.25, -0.2) is 0 Å². The van der Waals surface area contributed by atoms with Crippen LogP contribution in [0.2, 0.25) is 0 Å². The third kappa shape index (κ3) is 47.6. The lowest BCUT2D eigenvalue weighted by Crippen LogP contribution is -2.46. The van der Waals surface area contributed by atoms with Crippen molar-refractivity contribution >= 4 is 11.9 Å². The van der Waals surface area contributed by atoms with E-state index in [9.17, 15) is 19.8 Å². The summed E-state index contributed by atoms with van der Waals surface area (Å²) < 4.78 is 5.89. The van der Waals surface area contributed by atoms with Crippen molar-refractivity contribution in [1.29, 1.82) is 0 Å². The van der Waals surface area contributed by atoms with E-state index in [0.717, 1.165) is 77.0 Å². The number of aliphatic hydroxyl groups is 2. The Morgan fingerprint density at radius 3 is 1.17 bits per heavy atom. The summed E-state index contributed by atoms with van der Waals surface area (Å²) in [7, 11) is 0. The Balaban J connectivity index is 4.55. The summed E-state index contributed by atoms with van der Waals surface area (Å²) in [5.74, 6) is -0.570. The summed E-state index contributed by atoms with van der Waals surface area (Å²) >= 11 is 0. The van der Waals surface area contributed by atoms with Gasteiger partial charge in [0.1, 0.15) is 6.10 Å². The van der Waals surface area contributed by atoms with Crippen LogP contribution in [-0.2, 0) is 14.3 Å². The van der Waals surface area contributed by atoms with Crippen molar-refractivity contribution in [3.8, 4) is 0 Å². The average molecular weight is 908 g/mol. The molecule has 0 aromatic rings. The van der Waals surface area contributed by atoms with Gasteiger partial charge < -0.3 is 20.3 Å². The zero-order valence-corrected chi connectivity index (χ0v) is 42.9. The molecule has 1 amide bonds. The molecule has 6 heteroatoms. The SMILES string of the molecule is CC/C=C\C/C=C\C/C=C\C/C=C\C/C=C\C/C=C\CCC(=O)OC(CCCCCCCCCCCC)CC(=O)NC(CO)C(O)CCCCCCCCCCCCCCCCCCC. The van der Waals surface area contributed by atoms with E-state index in [1.807, 2.05) is 6.08 Å². The van der Waals surface area contributed by atoms with E-state index in [-0.39, 0.29) is 31.3 Å². The van der Waals surface area contributed by atoms with Crippen molar-refractivity contribution in [1.82, 2.24) is 5.32 Å². The molecule has 0 aliphatic rings. The normalized spacial score (nSPS) is 13.7. The first-order valence-electron chi connectivity index (χ1n) is 27.7. The van der Waals surface area contributed by atoms with Crippen molar-refractivity contribution in [2.45, 2.75) is 283 Å². The fourth-order valence-electron chi connectivity index (χ4n) is 8.16. The lowest BCUT2D eigenvalue weighted by molar-refractivity contribution is -0.150. The van der Waals surface area contributed by atoms with Gasteiger partial charge in [0.15, 0.2) is 0 Å². The van der Waals surface area contributed by atoms with Gasteiger partial charge in [-0.1, -0.05) is 261 Å². The molecule has 3 N–H and O–H groups in total. The zero-order valence-electron chi connectivity index (χ0n) is 42.9. The molecule has 0 radical (unpaired) electrons. The molecule has 3 unspecified atom stereocenters. The molecule has 0 saturated carbocycles. The minimum atomic E-state index is -0.801. The second-order valence-corrected chi connectivity index (χ2v) is 18.6. The Kier molecular flexibility index (Phi) is 50.1. The van der Waals surface area contributed by atoms with Crippen LogP contribution in [0, 0.1) is 0 Å².